The van der Waals surface area contributed by atoms with Gasteiger partial charge in [0.05, 0.1) is 6.54 Å². The number of likely N-dealkylation sites (tertiary alicyclic amines) is 1. The second kappa shape index (κ2) is 5.98. The minimum Gasteiger partial charge on any atom is -0.312 e. The van der Waals surface area contributed by atoms with Crippen LogP contribution in [0.15, 0.2) is 47.3 Å². The van der Waals surface area contributed by atoms with Gasteiger partial charge in [0, 0.05) is 42.9 Å². The third-order valence-corrected chi connectivity index (χ3v) is 5.09. The van der Waals surface area contributed by atoms with Gasteiger partial charge in [0.2, 0.25) is 0 Å². The fourth-order valence-corrected chi connectivity index (χ4v) is 4.05. The Morgan fingerprint density at radius 1 is 1.08 bits per heavy atom. The van der Waals surface area contributed by atoms with Crippen LogP contribution in [0.5, 0.6) is 0 Å². The predicted octanol–water partition coefficient (Wildman–Crippen LogP) is 2.29. The number of carbonyl (C=O) groups is 1. The molecule has 0 N–H and O–H groups in total. The third-order valence-electron chi connectivity index (χ3n) is 5.09. The van der Waals surface area contributed by atoms with E-state index >= 15 is 0 Å². The van der Waals surface area contributed by atoms with Crippen LogP contribution in [0.1, 0.15) is 28.4 Å². The number of benzene rings is 1. The Morgan fingerprint density at radius 2 is 1.88 bits per heavy atom. The molecule has 1 saturated heterocycles. The summed E-state index contributed by atoms with van der Waals surface area (Å²) in [7, 11) is 0. The summed E-state index contributed by atoms with van der Waals surface area (Å²) in [5.41, 5.74) is 1.69. The number of piperidine rings is 1. The number of rotatable bonds is 3. The van der Waals surface area contributed by atoms with Gasteiger partial charge in [-0.3, -0.25) is 14.5 Å². The van der Waals surface area contributed by atoms with E-state index in [1.165, 1.54) is 24.3 Å². The number of hydrogen-bond donors (Lipinski definition) is 0. The van der Waals surface area contributed by atoms with Crippen molar-refractivity contribution in [3.8, 4) is 0 Å². The second-order valence-electron chi connectivity index (χ2n) is 6.82. The number of ketones is 1. The summed E-state index contributed by atoms with van der Waals surface area (Å²) in [4.78, 5) is 26.6. The molecule has 5 heteroatoms. The molecule has 24 heavy (non-hydrogen) atoms. The standard InChI is InChI=1S/C19H19FN2O2/c20-16-6-4-14(5-7-16)18(23)12-21-9-13-8-15(11-21)17-2-1-3-19(24)22(17)10-13/h1-7,13,15H,8-12H2/t13-,15+/m0/s1. The third kappa shape index (κ3) is 2.80. The predicted molar refractivity (Wildman–Crippen MR) is 88.7 cm³/mol. The Hall–Kier alpha value is -2.27. The largest absolute Gasteiger partial charge is 0.312 e. The lowest BCUT2D eigenvalue weighted by molar-refractivity contribution is 0.0817. The molecule has 2 aliphatic rings. The minimum absolute atomic E-state index is 0.0143. The molecule has 0 spiro atoms. The van der Waals surface area contributed by atoms with Crippen molar-refractivity contribution < 1.29 is 9.18 Å². The minimum atomic E-state index is -0.332. The van der Waals surface area contributed by atoms with Gasteiger partial charge in [-0.1, -0.05) is 6.07 Å². The average molecular weight is 326 g/mol. The van der Waals surface area contributed by atoms with Crippen LogP contribution < -0.4 is 5.56 Å². The molecule has 2 atom stereocenters. The highest BCUT2D eigenvalue weighted by molar-refractivity contribution is 5.97. The SMILES string of the molecule is O=C(CN1C[C@@H]2C[C@H](C1)c1cccc(=O)n1C2)c1ccc(F)cc1. The van der Waals surface area contributed by atoms with Gasteiger partial charge >= 0.3 is 0 Å². The van der Waals surface area contributed by atoms with Gasteiger partial charge in [0.15, 0.2) is 5.78 Å². The van der Waals surface area contributed by atoms with Crippen LogP contribution in [0.2, 0.25) is 0 Å². The first-order chi connectivity index (χ1) is 11.6. The first-order valence-electron chi connectivity index (χ1n) is 8.31. The topological polar surface area (TPSA) is 42.3 Å². The lowest BCUT2D eigenvalue weighted by atomic mass is 9.83. The van der Waals surface area contributed by atoms with Crippen molar-refractivity contribution in [1.29, 1.82) is 0 Å². The fourth-order valence-electron chi connectivity index (χ4n) is 4.05. The molecule has 2 bridgehead atoms. The van der Waals surface area contributed by atoms with Gasteiger partial charge in [-0.15, -0.1) is 0 Å². The summed E-state index contributed by atoms with van der Waals surface area (Å²) in [5.74, 6) is 0.381. The molecule has 1 aromatic carbocycles. The van der Waals surface area contributed by atoms with Crippen LogP contribution >= 0.6 is 0 Å². The van der Waals surface area contributed by atoms with Crippen molar-refractivity contribution in [3.63, 3.8) is 0 Å². The second-order valence-corrected chi connectivity index (χ2v) is 6.82. The molecule has 1 fully saturated rings. The van der Waals surface area contributed by atoms with Crippen molar-refractivity contribution in [2.24, 2.45) is 5.92 Å². The van der Waals surface area contributed by atoms with Crippen molar-refractivity contribution in [1.82, 2.24) is 9.47 Å². The number of aromatic nitrogens is 1. The molecule has 2 aliphatic heterocycles. The van der Waals surface area contributed by atoms with Crippen molar-refractivity contribution >= 4 is 5.78 Å². The zero-order chi connectivity index (χ0) is 16.7. The molecule has 0 radical (unpaired) electrons. The highest BCUT2D eigenvalue weighted by Gasteiger charge is 2.34. The summed E-state index contributed by atoms with van der Waals surface area (Å²) in [6, 6.07) is 11.2. The molecule has 0 saturated carbocycles. The highest BCUT2D eigenvalue weighted by Crippen LogP contribution is 2.34. The van der Waals surface area contributed by atoms with Crippen molar-refractivity contribution in [2.45, 2.75) is 18.9 Å². The molecular weight excluding hydrogens is 307 g/mol. The van der Waals surface area contributed by atoms with E-state index in [-0.39, 0.29) is 17.2 Å². The maximum atomic E-state index is 13.0. The number of nitrogens with zero attached hydrogens (tertiary/aromatic N) is 2. The van der Waals surface area contributed by atoms with E-state index in [2.05, 4.69) is 4.90 Å². The van der Waals surface area contributed by atoms with Crippen LogP contribution in [-0.2, 0) is 6.54 Å². The maximum absolute atomic E-state index is 13.0. The van der Waals surface area contributed by atoms with Crippen LogP contribution in [0, 0.1) is 11.7 Å². The Labute approximate surface area is 139 Å². The normalized spacial score (nSPS) is 22.9. The number of Topliss-reactive ketones (excluding diaryl/α,β-unsaturated/α-hetero) is 1. The fraction of sp³-hybridized carbons (Fsp3) is 0.368. The van der Waals surface area contributed by atoms with E-state index in [0.717, 1.165) is 31.7 Å². The molecule has 4 rings (SSSR count). The first kappa shape index (κ1) is 15.3. The van der Waals surface area contributed by atoms with Crippen LogP contribution in [-0.4, -0.2) is 34.9 Å². The van der Waals surface area contributed by atoms with E-state index in [1.807, 2.05) is 16.7 Å². The van der Waals surface area contributed by atoms with Crippen molar-refractivity contribution in [2.75, 3.05) is 19.6 Å². The Bertz CT molecular complexity index is 828. The molecule has 0 unspecified atom stereocenters. The Balaban J connectivity index is 1.51. The zero-order valence-electron chi connectivity index (χ0n) is 13.3. The average Bonchev–Trinajstić information content (AvgIpc) is 2.56. The van der Waals surface area contributed by atoms with Crippen molar-refractivity contribution in [3.05, 3.63) is 69.9 Å². The molecule has 2 aromatic rings. The lowest BCUT2D eigenvalue weighted by Gasteiger charge is -2.42. The zero-order valence-corrected chi connectivity index (χ0v) is 13.3. The number of carbonyl (C=O) groups excluding carboxylic acids is 1. The highest BCUT2D eigenvalue weighted by atomic mass is 19.1. The van der Waals surface area contributed by atoms with E-state index in [0.29, 0.717) is 23.9 Å². The summed E-state index contributed by atoms with van der Waals surface area (Å²) in [6.07, 6.45) is 1.07. The number of hydrogen-bond acceptors (Lipinski definition) is 3. The number of fused-ring (bicyclic) bond motifs is 4. The first-order valence-corrected chi connectivity index (χ1v) is 8.31. The molecule has 0 amide bonds. The van der Waals surface area contributed by atoms with Gasteiger partial charge in [0.25, 0.3) is 5.56 Å². The van der Waals surface area contributed by atoms with Gasteiger partial charge < -0.3 is 4.57 Å². The van der Waals surface area contributed by atoms with Crippen LogP contribution in [0.4, 0.5) is 4.39 Å². The summed E-state index contributed by atoms with van der Waals surface area (Å²) < 4.78 is 14.9. The number of halogens is 1. The molecule has 0 aliphatic carbocycles. The van der Waals surface area contributed by atoms with Crippen LogP contribution in [0.25, 0.3) is 0 Å². The molecular formula is C19H19FN2O2. The van der Waals surface area contributed by atoms with Gasteiger partial charge in [-0.05, 0) is 42.7 Å². The Morgan fingerprint density at radius 3 is 2.67 bits per heavy atom. The van der Waals surface area contributed by atoms with E-state index in [9.17, 15) is 14.0 Å². The van der Waals surface area contributed by atoms with Crippen LogP contribution in [0.3, 0.4) is 0 Å². The van der Waals surface area contributed by atoms with E-state index < -0.39 is 0 Å². The quantitative estimate of drug-likeness (QED) is 0.813. The van der Waals surface area contributed by atoms with Gasteiger partial charge in [-0.2, -0.15) is 0 Å². The molecule has 1 aromatic heterocycles. The summed E-state index contributed by atoms with van der Waals surface area (Å²) in [5, 5.41) is 0. The summed E-state index contributed by atoms with van der Waals surface area (Å²) >= 11 is 0. The number of pyridine rings is 1. The monoisotopic (exact) mass is 326 g/mol. The Kier molecular flexibility index (Phi) is 3.81. The summed E-state index contributed by atoms with van der Waals surface area (Å²) in [6.45, 7) is 2.68. The van der Waals surface area contributed by atoms with E-state index in [1.54, 1.807) is 6.07 Å². The van der Waals surface area contributed by atoms with E-state index in [4.69, 9.17) is 0 Å². The maximum Gasteiger partial charge on any atom is 0.250 e. The smallest absolute Gasteiger partial charge is 0.250 e. The lowest BCUT2D eigenvalue weighted by Crippen LogP contribution is -2.48. The van der Waals surface area contributed by atoms with Gasteiger partial charge in [-0.25, -0.2) is 4.39 Å². The molecule has 4 nitrogen and oxygen atoms in total. The van der Waals surface area contributed by atoms with Gasteiger partial charge in [0.1, 0.15) is 5.82 Å². The molecule has 124 valence electrons. The molecule has 3 heterocycles.